The molecule has 1 amide bonds. The predicted molar refractivity (Wildman–Crippen MR) is 114 cm³/mol. The van der Waals surface area contributed by atoms with Gasteiger partial charge in [0.25, 0.3) is 5.91 Å². The van der Waals surface area contributed by atoms with E-state index in [1.807, 2.05) is 55.5 Å². The maximum Gasteiger partial charge on any atom is 0.252 e. The fourth-order valence-corrected chi connectivity index (χ4v) is 2.93. The fourth-order valence-electron chi connectivity index (χ4n) is 2.93. The minimum Gasteiger partial charge on any atom is -0.346 e. The molecular weight excluding hydrogens is 346 g/mol. The number of rotatable bonds is 6. The third-order valence-corrected chi connectivity index (χ3v) is 4.66. The molecule has 0 unspecified atom stereocenters. The standard InChI is InChI=1S/C25H23NO2/c1-18-7-9-20(10-8-18)11-16-23-5-3-4-6-24(23)25(28)26-19(2)22-14-12-21(17-27)13-15-22/h3-17,19H,1-2H3,(H,26,28)/b16-11+/t19-/m0/s1. The van der Waals surface area contributed by atoms with E-state index in [9.17, 15) is 9.59 Å². The molecule has 140 valence electrons. The number of amides is 1. The first kappa shape index (κ1) is 19.3. The smallest absolute Gasteiger partial charge is 0.252 e. The zero-order chi connectivity index (χ0) is 19.9. The molecule has 28 heavy (non-hydrogen) atoms. The van der Waals surface area contributed by atoms with Crippen molar-refractivity contribution in [2.24, 2.45) is 0 Å². The van der Waals surface area contributed by atoms with Gasteiger partial charge in [-0.15, -0.1) is 0 Å². The molecule has 0 fully saturated rings. The maximum atomic E-state index is 12.8. The van der Waals surface area contributed by atoms with E-state index in [1.165, 1.54) is 5.56 Å². The van der Waals surface area contributed by atoms with Crippen LogP contribution in [0.15, 0.2) is 72.8 Å². The molecule has 3 aromatic carbocycles. The lowest BCUT2D eigenvalue weighted by atomic mass is 10.0. The van der Waals surface area contributed by atoms with Gasteiger partial charge in [0.1, 0.15) is 6.29 Å². The Morgan fingerprint density at radius 2 is 1.50 bits per heavy atom. The van der Waals surface area contributed by atoms with Gasteiger partial charge >= 0.3 is 0 Å². The molecular formula is C25H23NO2. The van der Waals surface area contributed by atoms with Gasteiger partial charge in [0.2, 0.25) is 0 Å². The van der Waals surface area contributed by atoms with Crippen LogP contribution < -0.4 is 5.32 Å². The lowest BCUT2D eigenvalue weighted by Crippen LogP contribution is -2.27. The number of hydrogen-bond acceptors (Lipinski definition) is 2. The summed E-state index contributed by atoms with van der Waals surface area (Å²) >= 11 is 0. The third kappa shape index (κ3) is 4.83. The molecule has 3 rings (SSSR count). The summed E-state index contributed by atoms with van der Waals surface area (Å²) < 4.78 is 0. The van der Waals surface area contributed by atoms with Crippen molar-refractivity contribution < 1.29 is 9.59 Å². The Morgan fingerprint density at radius 3 is 2.18 bits per heavy atom. The van der Waals surface area contributed by atoms with E-state index in [1.54, 1.807) is 12.1 Å². The van der Waals surface area contributed by atoms with Crippen molar-refractivity contribution in [3.8, 4) is 0 Å². The van der Waals surface area contributed by atoms with Crippen LogP contribution in [-0.2, 0) is 0 Å². The Labute approximate surface area is 165 Å². The predicted octanol–water partition coefficient (Wildman–Crippen LogP) is 5.47. The number of aryl methyl sites for hydroxylation is 1. The lowest BCUT2D eigenvalue weighted by Gasteiger charge is -2.15. The maximum absolute atomic E-state index is 12.8. The summed E-state index contributed by atoms with van der Waals surface area (Å²) in [5.41, 5.74) is 5.36. The van der Waals surface area contributed by atoms with Crippen molar-refractivity contribution in [3.63, 3.8) is 0 Å². The Hall–Kier alpha value is -3.46. The van der Waals surface area contributed by atoms with E-state index in [0.717, 1.165) is 23.0 Å². The van der Waals surface area contributed by atoms with Gasteiger partial charge in [-0.3, -0.25) is 9.59 Å². The number of nitrogens with one attached hydrogen (secondary N) is 1. The average molecular weight is 369 g/mol. The molecule has 0 heterocycles. The Balaban J connectivity index is 1.76. The lowest BCUT2D eigenvalue weighted by molar-refractivity contribution is 0.0939. The molecule has 1 atom stereocenters. The van der Waals surface area contributed by atoms with Crippen LogP contribution in [0.3, 0.4) is 0 Å². The van der Waals surface area contributed by atoms with Gasteiger partial charge < -0.3 is 5.32 Å². The van der Waals surface area contributed by atoms with Crippen molar-refractivity contribution in [1.29, 1.82) is 0 Å². The quantitative estimate of drug-likeness (QED) is 0.463. The van der Waals surface area contributed by atoms with Crippen LogP contribution in [0.25, 0.3) is 12.2 Å². The monoisotopic (exact) mass is 369 g/mol. The second-order valence-corrected chi connectivity index (χ2v) is 6.81. The third-order valence-electron chi connectivity index (χ3n) is 4.66. The van der Waals surface area contributed by atoms with E-state index in [2.05, 4.69) is 36.5 Å². The van der Waals surface area contributed by atoms with E-state index in [-0.39, 0.29) is 11.9 Å². The van der Waals surface area contributed by atoms with E-state index in [0.29, 0.717) is 11.1 Å². The molecule has 0 aliphatic carbocycles. The molecule has 0 saturated heterocycles. The number of aldehydes is 1. The van der Waals surface area contributed by atoms with Crippen LogP contribution >= 0.6 is 0 Å². The average Bonchev–Trinajstić information content (AvgIpc) is 2.73. The summed E-state index contributed by atoms with van der Waals surface area (Å²) in [6.45, 7) is 3.99. The number of hydrogen-bond donors (Lipinski definition) is 1. The van der Waals surface area contributed by atoms with Gasteiger partial charge in [0.05, 0.1) is 6.04 Å². The Morgan fingerprint density at radius 1 is 0.857 bits per heavy atom. The SMILES string of the molecule is Cc1ccc(/C=C/c2ccccc2C(=O)N[C@@H](C)c2ccc(C=O)cc2)cc1. The topological polar surface area (TPSA) is 46.2 Å². The van der Waals surface area contributed by atoms with Gasteiger partial charge in [-0.2, -0.15) is 0 Å². The van der Waals surface area contributed by atoms with E-state index >= 15 is 0 Å². The largest absolute Gasteiger partial charge is 0.346 e. The van der Waals surface area contributed by atoms with Gasteiger partial charge in [-0.1, -0.05) is 84.4 Å². The van der Waals surface area contributed by atoms with Gasteiger partial charge in [0.15, 0.2) is 0 Å². The second-order valence-electron chi connectivity index (χ2n) is 6.81. The second kappa shape index (κ2) is 8.96. The Kier molecular flexibility index (Phi) is 6.18. The highest BCUT2D eigenvalue weighted by Gasteiger charge is 2.13. The molecule has 0 aliphatic heterocycles. The summed E-state index contributed by atoms with van der Waals surface area (Å²) in [5.74, 6) is -0.129. The van der Waals surface area contributed by atoms with Crippen molar-refractivity contribution in [1.82, 2.24) is 5.32 Å². The summed E-state index contributed by atoms with van der Waals surface area (Å²) in [6, 6.07) is 22.8. The molecule has 3 heteroatoms. The summed E-state index contributed by atoms with van der Waals surface area (Å²) in [6.07, 6.45) is 4.78. The zero-order valence-corrected chi connectivity index (χ0v) is 16.1. The van der Waals surface area contributed by atoms with Gasteiger partial charge in [0, 0.05) is 11.1 Å². The zero-order valence-electron chi connectivity index (χ0n) is 16.1. The van der Waals surface area contributed by atoms with E-state index in [4.69, 9.17) is 0 Å². The number of carbonyl (C=O) groups is 2. The fraction of sp³-hybridized carbons (Fsp3) is 0.120. The minimum atomic E-state index is -0.165. The molecule has 0 aliphatic rings. The molecule has 0 saturated carbocycles. The van der Waals surface area contributed by atoms with Crippen LogP contribution in [0.2, 0.25) is 0 Å². The summed E-state index contributed by atoms with van der Waals surface area (Å²) in [5, 5.41) is 3.03. The molecule has 0 bridgehead atoms. The minimum absolute atomic E-state index is 0.129. The highest BCUT2D eigenvalue weighted by molar-refractivity contribution is 5.98. The molecule has 0 spiro atoms. The van der Waals surface area contributed by atoms with Crippen molar-refractivity contribution in [2.45, 2.75) is 19.9 Å². The normalized spacial score (nSPS) is 11.9. The van der Waals surface area contributed by atoms with Crippen LogP contribution in [-0.4, -0.2) is 12.2 Å². The van der Waals surface area contributed by atoms with Crippen LogP contribution in [0, 0.1) is 6.92 Å². The van der Waals surface area contributed by atoms with Crippen LogP contribution in [0.1, 0.15) is 55.9 Å². The first-order valence-electron chi connectivity index (χ1n) is 9.26. The highest BCUT2D eigenvalue weighted by Crippen LogP contribution is 2.17. The number of carbonyl (C=O) groups excluding carboxylic acids is 2. The van der Waals surface area contributed by atoms with Crippen LogP contribution in [0.4, 0.5) is 0 Å². The van der Waals surface area contributed by atoms with Crippen molar-refractivity contribution in [3.05, 3.63) is 106 Å². The van der Waals surface area contributed by atoms with Crippen LogP contribution in [0.5, 0.6) is 0 Å². The Bertz CT molecular complexity index is 986. The molecule has 3 nitrogen and oxygen atoms in total. The molecule has 0 radical (unpaired) electrons. The van der Waals surface area contributed by atoms with E-state index < -0.39 is 0 Å². The molecule has 0 aromatic heterocycles. The van der Waals surface area contributed by atoms with Crippen molar-refractivity contribution in [2.75, 3.05) is 0 Å². The van der Waals surface area contributed by atoms with Crippen molar-refractivity contribution >= 4 is 24.3 Å². The first-order valence-corrected chi connectivity index (χ1v) is 9.26. The van der Waals surface area contributed by atoms with Gasteiger partial charge in [-0.25, -0.2) is 0 Å². The highest BCUT2D eigenvalue weighted by atomic mass is 16.1. The summed E-state index contributed by atoms with van der Waals surface area (Å²) in [7, 11) is 0. The van der Waals surface area contributed by atoms with Gasteiger partial charge in [-0.05, 0) is 36.6 Å². The summed E-state index contributed by atoms with van der Waals surface area (Å²) in [4.78, 5) is 23.6. The first-order chi connectivity index (χ1) is 13.6. The number of benzene rings is 3. The molecule has 1 N–H and O–H groups in total. The molecule has 3 aromatic rings.